The Bertz CT molecular complexity index is 799. The van der Waals surface area contributed by atoms with Crippen LogP contribution in [0.5, 0.6) is 0 Å². The van der Waals surface area contributed by atoms with Crippen LogP contribution < -0.4 is 0 Å². The summed E-state index contributed by atoms with van der Waals surface area (Å²) in [5.74, 6) is 0.0229. The molecule has 1 amide bonds. The maximum atomic E-state index is 12.7. The molecule has 1 saturated heterocycles. The molecule has 2 aromatic heterocycles. The van der Waals surface area contributed by atoms with Gasteiger partial charge in [-0.2, -0.15) is 5.26 Å². The largest absolute Gasteiger partial charge is 0.338 e. The average molecular weight is 373 g/mol. The van der Waals surface area contributed by atoms with Crippen LogP contribution in [-0.2, 0) is 6.54 Å². The van der Waals surface area contributed by atoms with Crippen LogP contribution in [0.3, 0.4) is 0 Å². The van der Waals surface area contributed by atoms with E-state index in [0.717, 1.165) is 32.5 Å². The van der Waals surface area contributed by atoms with E-state index in [1.165, 1.54) is 22.8 Å². The van der Waals surface area contributed by atoms with Gasteiger partial charge in [-0.05, 0) is 43.2 Å². The highest BCUT2D eigenvalue weighted by Crippen LogP contribution is 2.56. The molecule has 1 aliphatic carbocycles. The third-order valence-electron chi connectivity index (χ3n) is 5.57. The van der Waals surface area contributed by atoms with Gasteiger partial charge in [0.1, 0.15) is 16.0 Å². The lowest BCUT2D eigenvalue weighted by molar-refractivity contribution is 0.0662. The number of thiazole rings is 1. The normalized spacial score (nSPS) is 21.5. The van der Waals surface area contributed by atoms with Crippen molar-refractivity contribution in [1.82, 2.24) is 14.8 Å². The van der Waals surface area contributed by atoms with Crippen molar-refractivity contribution in [1.29, 1.82) is 5.26 Å². The van der Waals surface area contributed by atoms with E-state index in [2.05, 4.69) is 23.0 Å². The molecule has 3 heterocycles. The Kier molecular flexibility index (Phi) is 4.36. The highest BCUT2D eigenvalue weighted by atomic mass is 32.1. The highest BCUT2D eigenvalue weighted by molar-refractivity contribution is 7.12. The summed E-state index contributed by atoms with van der Waals surface area (Å²) in [5, 5.41) is 14.1. The van der Waals surface area contributed by atoms with Gasteiger partial charge in [0.25, 0.3) is 5.91 Å². The van der Waals surface area contributed by atoms with Crippen LogP contribution in [-0.4, -0.2) is 46.9 Å². The summed E-state index contributed by atoms with van der Waals surface area (Å²) in [6, 6.07) is 4.45. The van der Waals surface area contributed by atoms with Gasteiger partial charge in [0, 0.05) is 30.7 Å². The van der Waals surface area contributed by atoms with E-state index in [9.17, 15) is 4.79 Å². The van der Waals surface area contributed by atoms with Crippen LogP contribution in [0.25, 0.3) is 0 Å². The van der Waals surface area contributed by atoms with Gasteiger partial charge < -0.3 is 4.90 Å². The second-order valence-electron chi connectivity index (χ2n) is 6.99. The van der Waals surface area contributed by atoms with Crippen LogP contribution in [0.15, 0.2) is 23.0 Å². The molecule has 0 bridgehead atoms. The summed E-state index contributed by atoms with van der Waals surface area (Å²) in [6.07, 6.45) is 5.19. The average Bonchev–Trinajstić information content (AvgIpc) is 3.01. The minimum absolute atomic E-state index is 0.0229. The summed E-state index contributed by atoms with van der Waals surface area (Å²) in [6.45, 7) is 2.50. The molecule has 0 aromatic carbocycles. The zero-order valence-electron chi connectivity index (χ0n) is 14.1. The molecule has 5 nitrogen and oxygen atoms in total. The first kappa shape index (κ1) is 16.7. The van der Waals surface area contributed by atoms with Crippen LogP contribution in [0.2, 0.25) is 0 Å². The fourth-order valence-electron chi connectivity index (χ4n) is 4.00. The van der Waals surface area contributed by atoms with Crippen molar-refractivity contribution in [3.05, 3.63) is 38.5 Å². The summed E-state index contributed by atoms with van der Waals surface area (Å²) in [4.78, 5) is 22.0. The van der Waals surface area contributed by atoms with Gasteiger partial charge in [0.2, 0.25) is 0 Å². The quantitative estimate of drug-likeness (QED) is 0.827. The van der Waals surface area contributed by atoms with Crippen molar-refractivity contribution in [2.75, 3.05) is 20.1 Å². The smallest absolute Gasteiger partial charge is 0.265 e. The van der Waals surface area contributed by atoms with E-state index in [4.69, 9.17) is 5.26 Å². The molecule has 0 unspecified atom stereocenters. The molecule has 2 fully saturated rings. The minimum Gasteiger partial charge on any atom is -0.338 e. The fraction of sp³-hybridized carbons (Fsp3) is 0.500. The Hall–Kier alpha value is -1.75. The standard InChI is InChI=1S/C18H20N4OS2/c1-21(12-15-20-5-9-24-15)14-10-18(14)3-6-22(7-4-18)17(23)16-13(11-19)2-8-25-16/h2,5,8-9,14H,3-4,6-7,10,12H2,1H3/t14-/m1/s1. The molecule has 0 N–H and O–H groups in total. The monoisotopic (exact) mass is 372 g/mol. The zero-order chi connectivity index (χ0) is 17.4. The molecule has 7 heteroatoms. The predicted molar refractivity (Wildman–Crippen MR) is 98.6 cm³/mol. The second kappa shape index (κ2) is 6.52. The number of hydrogen-bond donors (Lipinski definition) is 0. The molecular formula is C18H20N4OS2. The SMILES string of the molecule is CN(Cc1nccs1)[C@@H]1CC12CCN(C(=O)c1sccc1C#N)CC2. The molecular weight excluding hydrogens is 352 g/mol. The third-order valence-corrected chi connectivity index (χ3v) is 7.24. The van der Waals surface area contributed by atoms with Crippen molar-refractivity contribution >= 4 is 28.6 Å². The first-order valence-electron chi connectivity index (χ1n) is 8.48. The number of amides is 1. The molecule has 130 valence electrons. The van der Waals surface area contributed by atoms with E-state index in [0.29, 0.717) is 21.9 Å². The lowest BCUT2D eigenvalue weighted by Gasteiger charge is -2.34. The summed E-state index contributed by atoms with van der Waals surface area (Å²) < 4.78 is 0. The van der Waals surface area contributed by atoms with Gasteiger partial charge in [0.05, 0.1) is 12.1 Å². The van der Waals surface area contributed by atoms with Crippen molar-refractivity contribution in [3.8, 4) is 6.07 Å². The van der Waals surface area contributed by atoms with Gasteiger partial charge in [0.15, 0.2) is 0 Å². The molecule has 2 aliphatic rings. The van der Waals surface area contributed by atoms with Crippen LogP contribution >= 0.6 is 22.7 Å². The topological polar surface area (TPSA) is 60.2 Å². The molecule has 0 radical (unpaired) electrons. The zero-order valence-corrected chi connectivity index (χ0v) is 15.8. The minimum atomic E-state index is 0.0229. The number of likely N-dealkylation sites (tertiary alicyclic amines) is 1. The fourth-order valence-corrected chi connectivity index (χ4v) is 5.49. The molecule has 2 aromatic rings. The van der Waals surface area contributed by atoms with E-state index < -0.39 is 0 Å². The number of carbonyl (C=O) groups excluding carboxylic acids is 1. The van der Waals surface area contributed by atoms with Gasteiger partial charge in [-0.15, -0.1) is 22.7 Å². The van der Waals surface area contributed by atoms with Crippen molar-refractivity contribution < 1.29 is 4.79 Å². The maximum Gasteiger partial charge on any atom is 0.265 e. The molecule has 1 saturated carbocycles. The van der Waals surface area contributed by atoms with E-state index in [1.807, 2.05) is 21.9 Å². The number of aromatic nitrogens is 1. The second-order valence-corrected chi connectivity index (χ2v) is 8.89. The Labute approximate surface area is 155 Å². The van der Waals surface area contributed by atoms with E-state index >= 15 is 0 Å². The number of thiophene rings is 1. The highest BCUT2D eigenvalue weighted by Gasteiger charge is 2.56. The molecule has 1 atom stereocenters. The lowest BCUT2D eigenvalue weighted by Crippen LogP contribution is -2.41. The summed E-state index contributed by atoms with van der Waals surface area (Å²) in [5.41, 5.74) is 0.874. The summed E-state index contributed by atoms with van der Waals surface area (Å²) >= 11 is 3.08. The van der Waals surface area contributed by atoms with Crippen molar-refractivity contribution in [3.63, 3.8) is 0 Å². The Balaban J connectivity index is 1.35. The molecule has 4 rings (SSSR count). The third kappa shape index (κ3) is 3.10. The Morgan fingerprint density at radius 1 is 1.44 bits per heavy atom. The van der Waals surface area contributed by atoms with Crippen LogP contribution in [0.1, 0.15) is 39.5 Å². The molecule has 1 spiro atoms. The van der Waals surface area contributed by atoms with Gasteiger partial charge in [-0.25, -0.2) is 4.98 Å². The number of nitriles is 1. The summed E-state index contributed by atoms with van der Waals surface area (Å²) in [7, 11) is 2.18. The Morgan fingerprint density at radius 3 is 2.92 bits per heavy atom. The molecule has 25 heavy (non-hydrogen) atoms. The van der Waals surface area contributed by atoms with Crippen LogP contribution in [0.4, 0.5) is 0 Å². The first-order valence-corrected chi connectivity index (χ1v) is 10.2. The first-order chi connectivity index (χ1) is 12.1. The van der Waals surface area contributed by atoms with Crippen molar-refractivity contribution in [2.45, 2.75) is 31.8 Å². The maximum absolute atomic E-state index is 12.7. The number of rotatable bonds is 4. The van der Waals surface area contributed by atoms with Crippen molar-refractivity contribution in [2.24, 2.45) is 5.41 Å². The van der Waals surface area contributed by atoms with Gasteiger partial charge in [-0.3, -0.25) is 9.69 Å². The predicted octanol–water partition coefficient (Wildman–Crippen LogP) is 3.20. The van der Waals surface area contributed by atoms with E-state index in [1.54, 1.807) is 17.4 Å². The van der Waals surface area contributed by atoms with Gasteiger partial charge >= 0.3 is 0 Å². The number of nitrogens with zero attached hydrogens (tertiary/aromatic N) is 4. The number of piperidine rings is 1. The lowest BCUT2D eigenvalue weighted by atomic mass is 9.92. The molecule has 1 aliphatic heterocycles. The van der Waals surface area contributed by atoms with E-state index in [-0.39, 0.29) is 5.91 Å². The van der Waals surface area contributed by atoms with Gasteiger partial charge in [-0.1, -0.05) is 0 Å². The van der Waals surface area contributed by atoms with Crippen LogP contribution in [0, 0.1) is 16.7 Å². The number of carbonyl (C=O) groups is 1. The number of hydrogen-bond acceptors (Lipinski definition) is 6. The Morgan fingerprint density at radius 2 is 2.24 bits per heavy atom.